The van der Waals surface area contributed by atoms with Gasteiger partial charge in [-0.25, -0.2) is 12.7 Å². The van der Waals surface area contributed by atoms with Gasteiger partial charge in [-0.2, -0.15) is 0 Å². The van der Waals surface area contributed by atoms with Crippen LogP contribution in [-0.4, -0.2) is 58.6 Å². The van der Waals surface area contributed by atoms with Crippen LogP contribution in [0.2, 0.25) is 10.0 Å². The van der Waals surface area contributed by atoms with E-state index in [4.69, 9.17) is 27.9 Å². The molecule has 0 spiro atoms. The molecule has 2 aliphatic rings. The van der Waals surface area contributed by atoms with E-state index in [-0.39, 0.29) is 16.0 Å². The predicted octanol–water partition coefficient (Wildman–Crippen LogP) is 5.58. The second-order valence-electron chi connectivity index (χ2n) is 11.1. The Bertz CT molecular complexity index is 1540. The van der Waals surface area contributed by atoms with Gasteiger partial charge in [0.2, 0.25) is 0 Å². The number of hydrogen-bond donors (Lipinski definition) is 1. The van der Waals surface area contributed by atoms with E-state index in [2.05, 4.69) is 31.0 Å². The summed E-state index contributed by atoms with van der Waals surface area (Å²) in [6.07, 6.45) is 0.897. The van der Waals surface area contributed by atoms with Gasteiger partial charge in [-0.3, -0.25) is 15.0 Å². The number of anilines is 1. The van der Waals surface area contributed by atoms with E-state index in [0.29, 0.717) is 47.5 Å². The van der Waals surface area contributed by atoms with Gasteiger partial charge in [0.1, 0.15) is 0 Å². The Morgan fingerprint density at radius 2 is 1.66 bits per heavy atom. The number of rotatable bonds is 9. The molecule has 5 rings (SSSR count). The smallest absolute Gasteiger partial charge is 0.270 e. The second kappa shape index (κ2) is 11.7. The van der Waals surface area contributed by atoms with Gasteiger partial charge in [0.25, 0.3) is 15.9 Å². The summed E-state index contributed by atoms with van der Waals surface area (Å²) in [4.78, 5) is 16.9. The Hall–Kier alpha value is -2.46. The van der Waals surface area contributed by atoms with Crippen molar-refractivity contribution in [3.8, 4) is 0 Å². The van der Waals surface area contributed by atoms with Crippen molar-refractivity contribution >= 4 is 44.8 Å². The first-order valence-electron chi connectivity index (χ1n) is 13.8. The van der Waals surface area contributed by atoms with Crippen LogP contribution in [0.3, 0.4) is 0 Å². The van der Waals surface area contributed by atoms with Gasteiger partial charge in [-0.05, 0) is 53.8 Å². The molecule has 41 heavy (non-hydrogen) atoms. The van der Waals surface area contributed by atoms with Crippen LogP contribution in [-0.2, 0) is 30.5 Å². The normalized spacial score (nSPS) is 19.9. The average Bonchev–Trinajstić information content (AvgIpc) is 3.22. The van der Waals surface area contributed by atoms with Crippen LogP contribution in [0.1, 0.15) is 43.9 Å². The standard InChI is InChI=1S/C31H35Cl2N3O4S/c1-4-30(2,3)22-9-12-24(13-10-22)41(38,39)36-28-14-11-23(32)21-26(28)31(29(36)37,25-7-5-6-8-27(25)33)34-15-16-35-17-19-40-20-18-35/h5-14,21,34H,4,15-20H2,1-3H3. The number of amides is 1. The Kier molecular flexibility index (Phi) is 8.54. The Labute approximate surface area is 252 Å². The maximum atomic E-state index is 14.7. The SMILES string of the molecule is CCC(C)(C)c1ccc(S(=O)(=O)N2C(=O)C(NCCN3CCOCC3)(c3ccccc3Cl)c3cc(Cl)ccc32)cc1. The number of ether oxygens (including phenoxy) is 1. The minimum atomic E-state index is -4.29. The first-order valence-corrected chi connectivity index (χ1v) is 16.0. The number of hydrogen-bond acceptors (Lipinski definition) is 6. The summed E-state index contributed by atoms with van der Waals surface area (Å²) in [6.45, 7) is 10.2. The molecule has 1 N–H and O–H groups in total. The molecule has 2 aliphatic heterocycles. The molecule has 0 aromatic heterocycles. The lowest BCUT2D eigenvalue weighted by molar-refractivity contribution is -0.121. The summed E-state index contributed by atoms with van der Waals surface area (Å²) in [7, 11) is -4.29. The highest BCUT2D eigenvalue weighted by atomic mass is 35.5. The van der Waals surface area contributed by atoms with Crippen LogP contribution in [0.4, 0.5) is 5.69 Å². The lowest BCUT2D eigenvalue weighted by Gasteiger charge is -2.33. The number of carbonyl (C=O) groups is 1. The monoisotopic (exact) mass is 615 g/mol. The van der Waals surface area contributed by atoms with E-state index in [0.717, 1.165) is 29.4 Å². The Morgan fingerprint density at radius 3 is 2.32 bits per heavy atom. The third-order valence-corrected chi connectivity index (χ3v) is 10.6. The highest BCUT2D eigenvalue weighted by Gasteiger charge is 2.56. The topological polar surface area (TPSA) is 79.0 Å². The molecule has 0 bridgehead atoms. The van der Waals surface area contributed by atoms with Gasteiger partial charge in [-0.15, -0.1) is 0 Å². The van der Waals surface area contributed by atoms with Crippen molar-refractivity contribution in [1.82, 2.24) is 10.2 Å². The van der Waals surface area contributed by atoms with E-state index in [1.807, 2.05) is 12.1 Å². The van der Waals surface area contributed by atoms with Crippen molar-refractivity contribution in [2.24, 2.45) is 0 Å². The Morgan fingerprint density at radius 1 is 0.976 bits per heavy atom. The zero-order valence-electron chi connectivity index (χ0n) is 23.5. The molecule has 1 unspecified atom stereocenters. The third kappa shape index (κ3) is 5.42. The maximum Gasteiger partial charge on any atom is 0.270 e. The van der Waals surface area contributed by atoms with Crippen molar-refractivity contribution in [3.05, 3.63) is 93.5 Å². The van der Waals surface area contributed by atoms with Gasteiger partial charge in [0.05, 0.1) is 23.8 Å². The molecule has 218 valence electrons. The lowest BCUT2D eigenvalue weighted by Crippen LogP contribution is -2.54. The predicted molar refractivity (Wildman–Crippen MR) is 163 cm³/mol. The number of fused-ring (bicyclic) bond motifs is 1. The summed E-state index contributed by atoms with van der Waals surface area (Å²) in [6, 6.07) is 18.7. The largest absolute Gasteiger partial charge is 0.379 e. The maximum absolute atomic E-state index is 14.7. The molecule has 0 aliphatic carbocycles. The van der Waals surface area contributed by atoms with Crippen LogP contribution in [0.5, 0.6) is 0 Å². The first kappa shape index (κ1) is 30.0. The summed E-state index contributed by atoms with van der Waals surface area (Å²) in [5.74, 6) is -0.650. The van der Waals surface area contributed by atoms with Crippen LogP contribution in [0.25, 0.3) is 0 Å². The molecule has 2 heterocycles. The van der Waals surface area contributed by atoms with Crippen LogP contribution in [0.15, 0.2) is 71.6 Å². The van der Waals surface area contributed by atoms with Gasteiger partial charge >= 0.3 is 0 Å². The molecule has 7 nitrogen and oxygen atoms in total. The van der Waals surface area contributed by atoms with Crippen LogP contribution >= 0.6 is 23.2 Å². The summed E-state index contributed by atoms with van der Waals surface area (Å²) in [5, 5.41) is 4.17. The van der Waals surface area contributed by atoms with E-state index in [9.17, 15) is 13.2 Å². The zero-order chi connectivity index (χ0) is 29.4. The van der Waals surface area contributed by atoms with Crippen molar-refractivity contribution in [2.75, 3.05) is 43.7 Å². The van der Waals surface area contributed by atoms with Crippen LogP contribution in [0, 0.1) is 0 Å². The molecule has 3 aromatic carbocycles. The van der Waals surface area contributed by atoms with Gasteiger partial charge in [0.15, 0.2) is 5.54 Å². The summed E-state index contributed by atoms with van der Waals surface area (Å²) >= 11 is 13.2. The van der Waals surface area contributed by atoms with Crippen molar-refractivity contribution < 1.29 is 17.9 Å². The average molecular weight is 617 g/mol. The van der Waals surface area contributed by atoms with E-state index < -0.39 is 21.5 Å². The number of sulfonamides is 1. The van der Waals surface area contributed by atoms with Gasteiger partial charge < -0.3 is 4.74 Å². The molecule has 1 amide bonds. The number of halogens is 2. The summed E-state index contributed by atoms with van der Waals surface area (Å²) < 4.78 is 34.8. The van der Waals surface area contributed by atoms with Gasteiger partial charge in [-0.1, -0.05) is 74.3 Å². The van der Waals surface area contributed by atoms with E-state index >= 15 is 0 Å². The quantitative estimate of drug-likeness (QED) is 0.338. The minimum absolute atomic E-state index is 0.0330. The van der Waals surface area contributed by atoms with Gasteiger partial charge in [0, 0.05) is 47.4 Å². The highest BCUT2D eigenvalue weighted by Crippen LogP contribution is 2.49. The summed E-state index contributed by atoms with van der Waals surface area (Å²) in [5.41, 5.74) is 0.498. The van der Waals surface area contributed by atoms with Crippen molar-refractivity contribution in [2.45, 2.75) is 43.0 Å². The van der Waals surface area contributed by atoms with E-state index in [1.54, 1.807) is 54.6 Å². The lowest BCUT2D eigenvalue weighted by atomic mass is 9.82. The fraction of sp³-hybridized carbons (Fsp3) is 0.387. The molecular formula is C31H35Cl2N3O4S. The molecule has 0 radical (unpaired) electrons. The Balaban J connectivity index is 1.61. The molecule has 0 saturated carbocycles. The molecule has 1 saturated heterocycles. The van der Waals surface area contributed by atoms with Crippen LogP contribution < -0.4 is 9.62 Å². The number of carbonyl (C=O) groups excluding carboxylic acids is 1. The van der Waals surface area contributed by atoms with E-state index in [1.165, 1.54) is 0 Å². The number of benzene rings is 3. The minimum Gasteiger partial charge on any atom is -0.379 e. The fourth-order valence-electron chi connectivity index (χ4n) is 5.51. The molecule has 1 atom stereocenters. The number of nitrogens with zero attached hydrogens (tertiary/aromatic N) is 2. The molecule has 3 aromatic rings. The molecular weight excluding hydrogens is 581 g/mol. The number of nitrogens with one attached hydrogen (secondary N) is 1. The molecule has 1 fully saturated rings. The number of morpholine rings is 1. The molecule has 10 heteroatoms. The van der Waals surface area contributed by atoms with Crippen molar-refractivity contribution in [3.63, 3.8) is 0 Å². The second-order valence-corrected chi connectivity index (χ2v) is 13.7. The first-order chi connectivity index (χ1) is 19.5. The third-order valence-electron chi connectivity index (χ3n) is 8.34. The zero-order valence-corrected chi connectivity index (χ0v) is 25.8. The fourth-order valence-corrected chi connectivity index (χ4v) is 7.42. The van der Waals surface area contributed by atoms with Crippen molar-refractivity contribution in [1.29, 1.82) is 0 Å². The highest BCUT2D eigenvalue weighted by molar-refractivity contribution is 7.93.